The van der Waals surface area contributed by atoms with Crippen LogP contribution in [0.1, 0.15) is 31.1 Å². The highest BCUT2D eigenvalue weighted by Crippen LogP contribution is 2.25. The van der Waals surface area contributed by atoms with Crippen molar-refractivity contribution >= 4 is 23.5 Å². The number of Topliss-reactive ketones (excluding diaryl/α,β-unsaturated/α-hetero) is 2. The molecule has 0 amide bonds. The molecule has 0 aliphatic rings. The van der Waals surface area contributed by atoms with Gasteiger partial charge in [0, 0.05) is 13.8 Å². The quantitative estimate of drug-likeness (QED) is 0.477. The molecule has 0 fully saturated rings. The zero-order chi connectivity index (χ0) is 19.3. The standard InChI is InChI=1S/C19H16O7/c1-11(20)18(23)25-15-7-3-13(4-8-15)17(22)14-5-9-16(10-6-14)26-19(24)12(2)21/h3-10,17,22H,1-2H3. The SMILES string of the molecule is CC(=O)C(=O)Oc1ccc(C(O)c2ccc(OC(=O)C(C)=O)cc2)cc1. The highest BCUT2D eigenvalue weighted by atomic mass is 16.5. The van der Waals surface area contributed by atoms with E-state index in [1.165, 1.54) is 24.3 Å². The Balaban J connectivity index is 2.07. The van der Waals surface area contributed by atoms with Crippen molar-refractivity contribution in [2.75, 3.05) is 0 Å². The number of carbonyl (C=O) groups excluding carboxylic acids is 4. The van der Waals surface area contributed by atoms with Gasteiger partial charge in [-0.15, -0.1) is 0 Å². The second-order valence-electron chi connectivity index (χ2n) is 5.43. The number of ether oxygens (including phenoxy) is 2. The maximum atomic E-state index is 11.2. The molecule has 0 bridgehead atoms. The van der Waals surface area contributed by atoms with E-state index in [4.69, 9.17) is 9.47 Å². The molecule has 134 valence electrons. The van der Waals surface area contributed by atoms with Gasteiger partial charge in [0.05, 0.1) is 0 Å². The summed E-state index contributed by atoms with van der Waals surface area (Å²) in [5.74, 6) is -2.97. The minimum Gasteiger partial charge on any atom is -0.421 e. The third kappa shape index (κ3) is 4.84. The van der Waals surface area contributed by atoms with Crippen LogP contribution in [0.3, 0.4) is 0 Å². The van der Waals surface area contributed by atoms with Crippen molar-refractivity contribution in [3.63, 3.8) is 0 Å². The second kappa shape index (κ2) is 8.17. The third-order valence-corrected chi connectivity index (χ3v) is 3.39. The fraction of sp³-hybridized carbons (Fsp3) is 0.158. The number of hydrogen-bond donors (Lipinski definition) is 1. The minimum atomic E-state index is -0.967. The first-order valence-electron chi connectivity index (χ1n) is 7.61. The molecule has 0 aliphatic carbocycles. The average Bonchev–Trinajstić information content (AvgIpc) is 2.62. The number of hydrogen-bond acceptors (Lipinski definition) is 7. The van der Waals surface area contributed by atoms with Crippen molar-refractivity contribution < 1.29 is 33.8 Å². The van der Waals surface area contributed by atoms with Crippen molar-refractivity contribution in [3.05, 3.63) is 59.7 Å². The topological polar surface area (TPSA) is 107 Å². The van der Waals surface area contributed by atoms with Crippen LogP contribution in [0.25, 0.3) is 0 Å². The normalized spacial score (nSPS) is 10.3. The van der Waals surface area contributed by atoms with Crippen molar-refractivity contribution in [2.24, 2.45) is 0 Å². The number of carbonyl (C=O) groups is 4. The van der Waals surface area contributed by atoms with Gasteiger partial charge in [-0.25, -0.2) is 9.59 Å². The molecule has 0 atom stereocenters. The van der Waals surface area contributed by atoms with Crippen LogP contribution in [0.5, 0.6) is 11.5 Å². The monoisotopic (exact) mass is 356 g/mol. The molecule has 0 aromatic heterocycles. The summed E-state index contributed by atoms with van der Waals surface area (Å²) in [5, 5.41) is 10.4. The van der Waals surface area contributed by atoms with Gasteiger partial charge in [0.25, 0.3) is 0 Å². The molecule has 0 heterocycles. The van der Waals surface area contributed by atoms with Gasteiger partial charge >= 0.3 is 11.9 Å². The highest BCUT2D eigenvalue weighted by Gasteiger charge is 2.14. The highest BCUT2D eigenvalue weighted by molar-refractivity contribution is 6.33. The lowest BCUT2D eigenvalue weighted by molar-refractivity contribution is -0.146. The Labute approximate surface area is 149 Å². The van der Waals surface area contributed by atoms with Crippen LogP contribution in [0.15, 0.2) is 48.5 Å². The first-order valence-corrected chi connectivity index (χ1v) is 7.61. The zero-order valence-corrected chi connectivity index (χ0v) is 14.1. The van der Waals surface area contributed by atoms with E-state index in [9.17, 15) is 24.3 Å². The smallest absolute Gasteiger partial charge is 0.379 e. The Morgan fingerprint density at radius 2 is 1.00 bits per heavy atom. The molecule has 0 unspecified atom stereocenters. The van der Waals surface area contributed by atoms with Gasteiger partial charge in [-0.2, -0.15) is 0 Å². The van der Waals surface area contributed by atoms with Gasteiger partial charge in [0.2, 0.25) is 11.6 Å². The zero-order valence-electron chi connectivity index (χ0n) is 14.1. The minimum absolute atomic E-state index is 0.188. The van der Waals surface area contributed by atoms with Gasteiger partial charge < -0.3 is 14.6 Å². The van der Waals surface area contributed by atoms with Crippen molar-refractivity contribution in [3.8, 4) is 11.5 Å². The van der Waals surface area contributed by atoms with E-state index in [1.807, 2.05) is 0 Å². The Morgan fingerprint density at radius 1 is 0.692 bits per heavy atom. The van der Waals surface area contributed by atoms with Crippen LogP contribution < -0.4 is 9.47 Å². The summed E-state index contributed by atoms with van der Waals surface area (Å²) in [5.41, 5.74) is 1.06. The van der Waals surface area contributed by atoms with Gasteiger partial charge in [0.15, 0.2) is 0 Å². The van der Waals surface area contributed by atoms with Crippen LogP contribution in [-0.4, -0.2) is 28.6 Å². The molecule has 0 radical (unpaired) electrons. The molecule has 2 aromatic rings. The van der Waals surface area contributed by atoms with E-state index >= 15 is 0 Å². The maximum absolute atomic E-state index is 11.2. The molecule has 0 spiro atoms. The molecule has 0 aliphatic heterocycles. The summed E-state index contributed by atoms with van der Waals surface area (Å²) in [6, 6.07) is 12.1. The van der Waals surface area contributed by atoms with Crippen LogP contribution in [0, 0.1) is 0 Å². The molecule has 2 rings (SSSR count). The number of aliphatic hydroxyl groups excluding tert-OH is 1. The predicted molar refractivity (Wildman–Crippen MR) is 89.6 cm³/mol. The lowest BCUT2D eigenvalue weighted by Gasteiger charge is -2.13. The van der Waals surface area contributed by atoms with Gasteiger partial charge in [0.1, 0.15) is 17.6 Å². The summed E-state index contributed by atoms with van der Waals surface area (Å²) in [7, 11) is 0. The Morgan fingerprint density at radius 3 is 1.27 bits per heavy atom. The summed E-state index contributed by atoms with van der Waals surface area (Å²) in [4.78, 5) is 44.2. The molecule has 1 N–H and O–H groups in total. The van der Waals surface area contributed by atoms with Gasteiger partial charge in [-0.3, -0.25) is 9.59 Å². The molecular weight excluding hydrogens is 340 g/mol. The number of aliphatic hydroxyl groups is 1. The van der Waals surface area contributed by atoms with E-state index in [2.05, 4.69) is 0 Å². The fourth-order valence-electron chi connectivity index (χ4n) is 1.99. The Hall–Kier alpha value is -3.32. The molecule has 7 nitrogen and oxygen atoms in total. The summed E-state index contributed by atoms with van der Waals surface area (Å²) in [6.07, 6.45) is -0.967. The fourth-order valence-corrected chi connectivity index (χ4v) is 1.99. The second-order valence-corrected chi connectivity index (χ2v) is 5.43. The summed E-state index contributed by atoms with van der Waals surface area (Å²) >= 11 is 0. The first kappa shape index (κ1) is 19.0. The van der Waals surface area contributed by atoms with Gasteiger partial charge in [-0.1, -0.05) is 24.3 Å². The number of ketones is 2. The maximum Gasteiger partial charge on any atom is 0.379 e. The molecule has 26 heavy (non-hydrogen) atoms. The van der Waals surface area contributed by atoms with E-state index in [-0.39, 0.29) is 11.5 Å². The Bertz CT molecular complexity index is 764. The molecule has 0 saturated heterocycles. The summed E-state index contributed by atoms with van der Waals surface area (Å²) < 4.78 is 9.68. The first-order chi connectivity index (χ1) is 12.3. The van der Waals surface area contributed by atoms with Crippen molar-refractivity contribution in [1.29, 1.82) is 0 Å². The van der Waals surface area contributed by atoms with Crippen LogP contribution in [0.4, 0.5) is 0 Å². The lowest BCUT2D eigenvalue weighted by Crippen LogP contribution is -2.16. The van der Waals surface area contributed by atoms with Crippen LogP contribution in [0.2, 0.25) is 0 Å². The lowest BCUT2D eigenvalue weighted by atomic mass is 10.0. The predicted octanol–water partition coefficient (Wildman–Crippen LogP) is 1.76. The summed E-state index contributed by atoms with van der Waals surface area (Å²) in [6.45, 7) is 2.22. The number of esters is 2. The molecular formula is C19H16O7. The number of rotatable bonds is 6. The van der Waals surface area contributed by atoms with Crippen molar-refractivity contribution in [2.45, 2.75) is 20.0 Å². The van der Waals surface area contributed by atoms with Crippen molar-refractivity contribution in [1.82, 2.24) is 0 Å². The average molecular weight is 356 g/mol. The largest absolute Gasteiger partial charge is 0.421 e. The molecule has 7 heteroatoms. The Kier molecular flexibility index (Phi) is 5.98. The van der Waals surface area contributed by atoms with Gasteiger partial charge in [-0.05, 0) is 35.4 Å². The van der Waals surface area contributed by atoms with E-state index in [0.29, 0.717) is 11.1 Å². The van der Waals surface area contributed by atoms with E-state index in [1.54, 1.807) is 24.3 Å². The number of benzene rings is 2. The third-order valence-electron chi connectivity index (χ3n) is 3.39. The van der Waals surface area contributed by atoms with Crippen LogP contribution >= 0.6 is 0 Å². The molecule has 2 aromatic carbocycles. The van der Waals surface area contributed by atoms with E-state index in [0.717, 1.165) is 13.8 Å². The molecule has 0 saturated carbocycles. The van der Waals surface area contributed by atoms with Crippen LogP contribution in [-0.2, 0) is 19.2 Å². The van der Waals surface area contributed by atoms with E-state index < -0.39 is 29.6 Å².